The van der Waals surface area contributed by atoms with Gasteiger partial charge in [-0.2, -0.15) is 13.2 Å². The molecule has 2 aromatic carbocycles. The van der Waals surface area contributed by atoms with E-state index in [1.54, 1.807) is 36.4 Å². The van der Waals surface area contributed by atoms with E-state index in [1.165, 1.54) is 11.7 Å². The normalized spacial score (nSPS) is 20.9. The van der Waals surface area contributed by atoms with Crippen LogP contribution in [0.1, 0.15) is 48.7 Å². The number of halogens is 3. The number of alkyl halides is 3. The van der Waals surface area contributed by atoms with Gasteiger partial charge in [-0.3, -0.25) is 9.69 Å². The summed E-state index contributed by atoms with van der Waals surface area (Å²) in [4.78, 5) is 14.8. The van der Waals surface area contributed by atoms with Crippen LogP contribution < -0.4 is 20.7 Å². The van der Waals surface area contributed by atoms with Crippen LogP contribution in [0.25, 0.3) is 10.9 Å². The van der Waals surface area contributed by atoms with Gasteiger partial charge in [0.2, 0.25) is 0 Å². The number of hydrogen-bond donors (Lipinski definition) is 3. The van der Waals surface area contributed by atoms with Gasteiger partial charge in [0, 0.05) is 53.8 Å². The van der Waals surface area contributed by atoms with Gasteiger partial charge in [0.1, 0.15) is 12.3 Å². The van der Waals surface area contributed by atoms with Crippen molar-refractivity contribution in [1.82, 2.24) is 14.8 Å². The van der Waals surface area contributed by atoms with Gasteiger partial charge in [-0.05, 0) is 74.9 Å². The molecule has 0 bridgehead atoms. The smallest absolute Gasteiger partial charge is 0.406 e. The molecule has 1 aromatic heterocycles. The van der Waals surface area contributed by atoms with Crippen LogP contribution in [0.3, 0.4) is 0 Å². The second kappa shape index (κ2) is 12.9. The number of carbonyl (C=O) groups excluding carboxylic acids is 1. The van der Waals surface area contributed by atoms with Crippen molar-refractivity contribution in [1.29, 1.82) is 0 Å². The molecule has 1 aliphatic carbocycles. The largest absolute Gasteiger partial charge is 0.495 e. The van der Waals surface area contributed by atoms with Gasteiger partial charge in [0.05, 0.1) is 43.8 Å². The highest BCUT2D eigenvalue weighted by Gasteiger charge is 2.50. The third-order valence-corrected chi connectivity index (χ3v) is 9.13. The van der Waals surface area contributed by atoms with Crippen LogP contribution in [0, 0.1) is 17.3 Å². The Bertz CT molecular complexity index is 1590. The summed E-state index contributed by atoms with van der Waals surface area (Å²) in [6, 6.07) is 13.1. The molecule has 1 saturated carbocycles. The fraction of sp³-hybridized carbons (Fsp3) is 0.500. The summed E-state index contributed by atoms with van der Waals surface area (Å²) in [7, 11) is 1.51. The number of fused-ring (bicyclic) bond motifs is 1. The fourth-order valence-electron chi connectivity index (χ4n) is 6.83. The van der Waals surface area contributed by atoms with Gasteiger partial charge in [0.25, 0.3) is 5.91 Å². The lowest BCUT2D eigenvalue weighted by Crippen LogP contribution is -2.68. The van der Waals surface area contributed by atoms with Crippen molar-refractivity contribution in [2.24, 2.45) is 5.41 Å². The molecular weight excluding hydrogens is 583 g/mol. The lowest BCUT2D eigenvalue weighted by molar-refractivity contribution is -0.200. The summed E-state index contributed by atoms with van der Waals surface area (Å²) in [6.07, 6.45) is -0.124. The molecule has 3 heterocycles. The maximum Gasteiger partial charge on any atom is 0.406 e. The second-order valence-electron chi connectivity index (χ2n) is 12.4. The molecule has 3 N–H and O–H groups in total. The van der Waals surface area contributed by atoms with Crippen LogP contribution in [0.15, 0.2) is 42.5 Å². The molecule has 2 aliphatic heterocycles. The number of likely N-dealkylation sites (tertiary alicyclic amines) is 1. The first-order valence-corrected chi connectivity index (χ1v) is 15.6. The molecule has 1 amide bonds. The van der Waals surface area contributed by atoms with Crippen molar-refractivity contribution in [2.75, 3.05) is 57.1 Å². The minimum Gasteiger partial charge on any atom is -0.495 e. The summed E-state index contributed by atoms with van der Waals surface area (Å²) in [5.41, 5.74) is 3.14. The molecule has 2 saturated heterocycles. The SMILES string of the molecule is CCNC(=O)c1ccc(NCC#Cc2cc3c(N[C@H]4CC[C@H](N5CC6(COC6)C5)CC4)cccc3n2CC(F)(F)F)c(OC)c1. The standard InChI is InChI=1S/C34H40F3N5O3/c1-3-38-32(43)23-9-14-29(31(16-23)44-2)39-15-5-6-26-17-27-28(7-4-8-30(27)42(26)20-34(35,36)37)40-24-10-12-25(13-11-24)41-18-33(19-41)21-45-22-33/h4,7-9,14,16-17,24-25,39-40H,3,10-13,15,18-22H2,1-2H3,(H,38,43)/t24-,25-. The summed E-state index contributed by atoms with van der Waals surface area (Å²) < 4.78 is 53.2. The molecule has 240 valence electrons. The maximum absolute atomic E-state index is 13.7. The lowest BCUT2D eigenvalue weighted by Gasteiger charge is -2.58. The number of methoxy groups -OCH3 is 1. The molecule has 3 aliphatic rings. The number of benzene rings is 2. The molecule has 3 aromatic rings. The van der Waals surface area contributed by atoms with Crippen molar-refractivity contribution in [3.63, 3.8) is 0 Å². The second-order valence-corrected chi connectivity index (χ2v) is 12.4. The molecule has 6 rings (SSSR count). The van der Waals surface area contributed by atoms with Gasteiger partial charge in [0.15, 0.2) is 0 Å². The van der Waals surface area contributed by atoms with Gasteiger partial charge < -0.3 is 30.0 Å². The van der Waals surface area contributed by atoms with Crippen LogP contribution in [-0.4, -0.2) is 80.1 Å². The zero-order valence-corrected chi connectivity index (χ0v) is 25.7. The molecular formula is C34H40F3N5O3. The van der Waals surface area contributed by atoms with E-state index in [1.807, 2.05) is 13.0 Å². The number of ether oxygens (including phenoxy) is 2. The van der Waals surface area contributed by atoms with E-state index in [-0.39, 0.29) is 18.5 Å². The van der Waals surface area contributed by atoms with E-state index in [0.717, 1.165) is 63.1 Å². The third-order valence-electron chi connectivity index (χ3n) is 9.13. The molecule has 45 heavy (non-hydrogen) atoms. The first-order valence-electron chi connectivity index (χ1n) is 15.6. The Kier molecular flexibility index (Phi) is 8.89. The number of hydrogen-bond acceptors (Lipinski definition) is 6. The zero-order valence-electron chi connectivity index (χ0n) is 25.7. The predicted molar refractivity (Wildman–Crippen MR) is 169 cm³/mol. The molecule has 11 heteroatoms. The molecule has 0 atom stereocenters. The first kappa shape index (κ1) is 31.1. The quantitative estimate of drug-likeness (QED) is 0.274. The van der Waals surface area contributed by atoms with E-state index in [4.69, 9.17) is 9.47 Å². The number of nitrogens with one attached hydrogen (secondary N) is 3. The number of anilines is 2. The lowest BCUT2D eigenvalue weighted by atomic mass is 9.75. The van der Waals surface area contributed by atoms with E-state index < -0.39 is 12.7 Å². The number of nitrogens with zero attached hydrogens (tertiary/aromatic N) is 2. The van der Waals surface area contributed by atoms with Crippen molar-refractivity contribution < 1.29 is 27.4 Å². The number of carbonyl (C=O) groups is 1. The van der Waals surface area contributed by atoms with E-state index in [2.05, 4.69) is 32.7 Å². The van der Waals surface area contributed by atoms with Crippen molar-refractivity contribution in [3.8, 4) is 17.6 Å². The zero-order chi connectivity index (χ0) is 31.6. The van der Waals surface area contributed by atoms with Crippen LogP contribution in [0.5, 0.6) is 5.75 Å². The average molecular weight is 624 g/mol. The average Bonchev–Trinajstić information content (AvgIpc) is 3.31. The van der Waals surface area contributed by atoms with Gasteiger partial charge in [-0.15, -0.1) is 0 Å². The van der Waals surface area contributed by atoms with Gasteiger partial charge >= 0.3 is 6.18 Å². The fourth-order valence-corrected chi connectivity index (χ4v) is 6.83. The summed E-state index contributed by atoms with van der Waals surface area (Å²) in [5, 5.41) is 10.3. The van der Waals surface area contributed by atoms with Crippen molar-refractivity contribution in [3.05, 3.63) is 53.7 Å². The summed E-state index contributed by atoms with van der Waals surface area (Å²) in [6.45, 7) is 5.46. The van der Waals surface area contributed by atoms with Crippen LogP contribution in [0.4, 0.5) is 24.5 Å². The molecule has 8 nitrogen and oxygen atoms in total. The van der Waals surface area contributed by atoms with Crippen LogP contribution >= 0.6 is 0 Å². The third kappa shape index (κ3) is 6.87. The number of amides is 1. The Hall–Kier alpha value is -3.88. The van der Waals surface area contributed by atoms with Gasteiger partial charge in [-0.25, -0.2) is 0 Å². The van der Waals surface area contributed by atoms with E-state index >= 15 is 0 Å². The highest BCUT2D eigenvalue weighted by molar-refractivity contribution is 5.95. The Morgan fingerprint density at radius 3 is 2.53 bits per heavy atom. The Balaban J connectivity index is 1.14. The number of aromatic nitrogens is 1. The molecule has 0 unspecified atom stereocenters. The van der Waals surface area contributed by atoms with Crippen LogP contribution in [-0.2, 0) is 11.3 Å². The van der Waals surface area contributed by atoms with Crippen molar-refractivity contribution >= 4 is 28.2 Å². The maximum atomic E-state index is 13.7. The monoisotopic (exact) mass is 623 g/mol. The van der Waals surface area contributed by atoms with Gasteiger partial charge in [-0.1, -0.05) is 12.0 Å². The highest BCUT2D eigenvalue weighted by atomic mass is 19.4. The minimum absolute atomic E-state index is 0.171. The summed E-state index contributed by atoms with van der Waals surface area (Å²) >= 11 is 0. The molecule has 0 radical (unpaired) electrons. The Morgan fingerprint density at radius 2 is 1.87 bits per heavy atom. The number of rotatable bonds is 9. The van der Waals surface area contributed by atoms with E-state index in [9.17, 15) is 18.0 Å². The Morgan fingerprint density at radius 1 is 1.09 bits per heavy atom. The first-order chi connectivity index (χ1) is 21.7. The van der Waals surface area contributed by atoms with Crippen molar-refractivity contribution in [2.45, 2.75) is 57.4 Å². The summed E-state index contributed by atoms with van der Waals surface area (Å²) in [5.74, 6) is 6.20. The molecule has 3 fully saturated rings. The predicted octanol–water partition coefficient (Wildman–Crippen LogP) is 5.48. The Labute approximate surface area is 261 Å². The van der Waals surface area contributed by atoms with Crippen LogP contribution in [0.2, 0.25) is 0 Å². The minimum atomic E-state index is -4.40. The van der Waals surface area contributed by atoms with E-state index in [0.29, 0.717) is 46.2 Å². The molecule has 1 spiro atoms. The topological polar surface area (TPSA) is 79.8 Å². The highest BCUT2D eigenvalue weighted by Crippen LogP contribution is 2.41.